The summed E-state index contributed by atoms with van der Waals surface area (Å²) >= 11 is 0. The molecule has 1 unspecified atom stereocenters. The first-order chi connectivity index (χ1) is 12.5. The fourth-order valence-corrected chi connectivity index (χ4v) is 3.51. The van der Waals surface area contributed by atoms with Crippen molar-refractivity contribution in [3.63, 3.8) is 0 Å². The van der Waals surface area contributed by atoms with Gasteiger partial charge in [-0.05, 0) is 75.2 Å². The largest absolute Gasteiger partial charge is 0.345 e. The van der Waals surface area contributed by atoms with E-state index < -0.39 is 0 Å². The molecular weight excluding hydrogens is 329 g/mol. The maximum atomic E-state index is 13.3. The minimum absolute atomic E-state index is 0.0229. The van der Waals surface area contributed by atoms with Gasteiger partial charge in [-0.25, -0.2) is 4.39 Å². The van der Waals surface area contributed by atoms with Gasteiger partial charge in [0.25, 0.3) is 0 Å². The van der Waals surface area contributed by atoms with Gasteiger partial charge in [-0.3, -0.25) is 9.78 Å². The van der Waals surface area contributed by atoms with Crippen LogP contribution in [-0.4, -0.2) is 34.9 Å². The van der Waals surface area contributed by atoms with Gasteiger partial charge >= 0.3 is 0 Å². The normalized spacial score (nSPS) is 17.2. The van der Waals surface area contributed by atoms with Crippen molar-refractivity contribution in [2.24, 2.45) is 5.92 Å². The second-order valence-corrected chi connectivity index (χ2v) is 7.18. The molecule has 1 atom stereocenters. The second-order valence-electron chi connectivity index (χ2n) is 7.18. The van der Waals surface area contributed by atoms with E-state index in [4.69, 9.17) is 0 Å². The lowest BCUT2D eigenvalue weighted by Gasteiger charge is -2.34. The molecule has 2 aromatic rings. The molecule has 1 saturated heterocycles. The van der Waals surface area contributed by atoms with Gasteiger partial charge in [0.05, 0.1) is 6.04 Å². The van der Waals surface area contributed by atoms with E-state index in [-0.39, 0.29) is 23.7 Å². The number of benzene rings is 1. The van der Waals surface area contributed by atoms with Crippen molar-refractivity contribution in [1.82, 2.24) is 15.2 Å². The smallest absolute Gasteiger partial charge is 0.223 e. The van der Waals surface area contributed by atoms with E-state index in [2.05, 4.69) is 29.0 Å². The van der Waals surface area contributed by atoms with Crippen LogP contribution in [0.2, 0.25) is 0 Å². The summed E-state index contributed by atoms with van der Waals surface area (Å²) in [7, 11) is 0. The van der Waals surface area contributed by atoms with Crippen molar-refractivity contribution in [2.75, 3.05) is 13.1 Å². The Balaban J connectivity index is 1.74. The molecule has 26 heavy (non-hydrogen) atoms. The van der Waals surface area contributed by atoms with E-state index in [9.17, 15) is 9.18 Å². The van der Waals surface area contributed by atoms with Gasteiger partial charge in [0.2, 0.25) is 5.91 Å². The predicted molar refractivity (Wildman–Crippen MR) is 100 cm³/mol. The van der Waals surface area contributed by atoms with Crippen LogP contribution in [0.5, 0.6) is 0 Å². The average molecular weight is 355 g/mol. The highest BCUT2D eigenvalue weighted by atomic mass is 19.1. The molecule has 0 radical (unpaired) electrons. The van der Waals surface area contributed by atoms with Crippen LogP contribution in [0, 0.1) is 11.7 Å². The minimum atomic E-state index is -0.297. The Bertz CT molecular complexity index is 710. The number of likely N-dealkylation sites (tertiary alicyclic amines) is 1. The molecule has 5 heteroatoms. The summed E-state index contributed by atoms with van der Waals surface area (Å²) in [5.41, 5.74) is 1.81. The third-order valence-corrected chi connectivity index (χ3v) is 5.16. The number of aromatic nitrogens is 1. The van der Waals surface area contributed by atoms with Crippen LogP contribution in [0.15, 0.2) is 48.8 Å². The van der Waals surface area contributed by atoms with Gasteiger partial charge in [0, 0.05) is 24.4 Å². The molecule has 138 valence electrons. The number of piperidine rings is 1. The first kappa shape index (κ1) is 18.5. The summed E-state index contributed by atoms with van der Waals surface area (Å²) in [5, 5.41) is 3.18. The fourth-order valence-electron chi connectivity index (χ4n) is 3.51. The molecule has 0 spiro atoms. The Kier molecular flexibility index (Phi) is 5.99. The molecular formula is C21H26FN3O. The second kappa shape index (κ2) is 8.41. The Labute approximate surface area is 154 Å². The first-order valence-electron chi connectivity index (χ1n) is 9.24. The summed E-state index contributed by atoms with van der Waals surface area (Å²) in [6, 6.07) is 10.3. The number of nitrogens with zero attached hydrogens (tertiary/aromatic N) is 2. The molecule has 0 bridgehead atoms. The lowest BCUT2D eigenvalue weighted by molar-refractivity contribution is -0.127. The van der Waals surface area contributed by atoms with Crippen molar-refractivity contribution in [2.45, 2.75) is 38.8 Å². The Morgan fingerprint density at radius 1 is 1.08 bits per heavy atom. The van der Waals surface area contributed by atoms with E-state index in [1.165, 1.54) is 12.1 Å². The highest BCUT2D eigenvalue weighted by Crippen LogP contribution is 2.25. The molecule has 0 aliphatic carbocycles. The highest BCUT2D eigenvalue weighted by Gasteiger charge is 2.28. The van der Waals surface area contributed by atoms with Crippen LogP contribution in [0.1, 0.15) is 43.9 Å². The predicted octanol–water partition coefficient (Wildman–Crippen LogP) is 3.55. The monoisotopic (exact) mass is 355 g/mol. The lowest BCUT2D eigenvalue weighted by atomic mass is 9.93. The number of carbonyl (C=O) groups excluding carboxylic acids is 1. The van der Waals surface area contributed by atoms with Crippen LogP contribution in [0.25, 0.3) is 0 Å². The number of rotatable bonds is 5. The Morgan fingerprint density at radius 3 is 2.23 bits per heavy atom. The molecule has 1 amide bonds. The molecule has 1 aliphatic heterocycles. The van der Waals surface area contributed by atoms with Crippen molar-refractivity contribution < 1.29 is 9.18 Å². The molecule has 2 heterocycles. The number of pyridine rings is 1. The third-order valence-electron chi connectivity index (χ3n) is 5.16. The van der Waals surface area contributed by atoms with Crippen LogP contribution < -0.4 is 5.32 Å². The summed E-state index contributed by atoms with van der Waals surface area (Å²) in [6.45, 7) is 6.28. The Morgan fingerprint density at radius 2 is 1.65 bits per heavy atom. The molecule has 1 fully saturated rings. The zero-order valence-electron chi connectivity index (χ0n) is 15.4. The molecule has 3 rings (SSSR count). The zero-order chi connectivity index (χ0) is 18.5. The number of halogens is 1. The zero-order valence-corrected chi connectivity index (χ0v) is 15.4. The fraction of sp³-hybridized carbons (Fsp3) is 0.429. The molecule has 1 aromatic carbocycles. The van der Waals surface area contributed by atoms with E-state index in [0.717, 1.165) is 37.1 Å². The summed E-state index contributed by atoms with van der Waals surface area (Å²) in [5.74, 6) is -0.191. The molecule has 0 saturated carbocycles. The van der Waals surface area contributed by atoms with E-state index in [1.807, 2.05) is 12.1 Å². The minimum Gasteiger partial charge on any atom is -0.345 e. The number of hydrogen-bond acceptors (Lipinski definition) is 3. The van der Waals surface area contributed by atoms with Gasteiger partial charge in [-0.1, -0.05) is 12.1 Å². The molecule has 1 aliphatic rings. The standard InChI is InChI=1S/C21H26FN3O/c1-15(2)25-13-9-18(10-14-25)21(26)24-20(17-7-11-23-12-8-17)16-3-5-19(22)6-4-16/h3-8,11-12,15,18,20H,9-10,13-14H2,1-2H3,(H,24,26). The van der Waals surface area contributed by atoms with Gasteiger partial charge in [-0.15, -0.1) is 0 Å². The maximum absolute atomic E-state index is 13.3. The molecule has 1 N–H and O–H groups in total. The van der Waals surface area contributed by atoms with Crippen LogP contribution >= 0.6 is 0 Å². The van der Waals surface area contributed by atoms with Gasteiger partial charge in [0.1, 0.15) is 5.82 Å². The van der Waals surface area contributed by atoms with Crippen LogP contribution in [0.4, 0.5) is 4.39 Å². The number of nitrogens with one attached hydrogen (secondary N) is 1. The van der Waals surface area contributed by atoms with Gasteiger partial charge in [0.15, 0.2) is 0 Å². The third kappa shape index (κ3) is 4.47. The number of carbonyl (C=O) groups is 1. The average Bonchev–Trinajstić information content (AvgIpc) is 2.67. The first-order valence-corrected chi connectivity index (χ1v) is 9.24. The Hall–Kier alpha value is -2.27. The highest BCUT2D eigenvalue weighted by molar-refractivity contribution is 5.79. The molecule has 4 nitrogen and oxygen atoms in total. The van der Waals surface area contributed by atoms with Crippen molar-refractivity contribution in [3.8, 4) is 0 Å². The van der Waals surface area contributed by atoms with Gasteiger partial charge < -0.3 is 10.2 Å². The van der Waals surface area contributed by atoms with E-state index >= 15 is 0 Å². The van der Waals surface area contributed by atoms with Crippen molar-refractivity contribution >= 4 is 5.91 Å². The summed E-state index contributed by atoms with van der Waals surface area (Å²) in [4.78, 5) is 19.3. The van der Waals surface area contributed by atoms with Gasteiger partial charge in [-0.2, -0.15) is 0 Å². The van der Waals surface area contributed by atoms with Crippen molar-refractivity contribution in [3.05, 3.63) is 65.7 Å². The van der Waals surface area contributed by atoms with Crippen LogP contribution in [-0.2, 0) is 4.79 Å². The number of hydrogen-bond donors (Lipinski definition) is 1. The van der Waals surface area contributed by atoms with Crippen LogP contribution in [0.3, 0.4) is 0 Å². The topological polar surface area (TPSA) is 45.2 Å². The summed E-state index contributed by atoms with van der Waals surface area (Å²) < 4.78 is 13.3. The summed E-state index contributed by atoms with van der Waals surface area (Å²) in [6.07, 6.45) is 5.16. The SMILES string of the molecule is CC(C)N1CCC(C(=O)NC(c2ccncc2)c2ccc(F)cc2)CC1. The number of amides is 1. The van der Waals surface area contributed by atoms with Crippen molar-refractivity contribution in [1.29, 1.82) is 0 Å². The van der Waals surface area contributed by atoms with E-state index in [0.29, 0.717) is 6.04 Å². The molecule has 1 aromatic heterocycles. The maximum Gasteiger partial charge on any atom is 0.223 e. The van der Waals surface area contributed by atoms with E-state index in [1.54, 1.807) is 24.5 Å². The lowest BCUT2D eigenvalue weighted by Crippen LogP contribution is -2.43. The quantitative estimate of drug-likeness (QED) is 0.892.